The zero-order valence-corrected chi connectivity index (χ0v) is 16.4. The first-order valence-corrected chi connectivity index (χ1v) is 9.56. The summed E-state index contributed by atoms with van der Waals surface area (Å²) in [4.78, 5) is 13.3. The van der Waals surface area contributed by atoms with Crippen molar-refractivity contribution in [2.24, 2.45) is 0 Å². The molecule has 0 saturated carbocycles. The van der Waals surface area contributed by atoms with Crippen LogP contribution in [0.1, 0.15) is 36.5 Å². The van der Waals surface area contributed by atoms with Crippen molar-refractivity contribution in [2.45, 2.75) is 27.2 Å². The monoisotopic (exact) mass is 361 g/mol. The maximum Gasteiger partial charge on any atom is 0.232 e. The van der Waals surface area contributed by atoms with Gasteiger partial charge in [-0.1, -0.05) is 36.8 Å². The van der Waals surface area contributed by atoms with Crippen molar-refractivity contribution in [3.05, 3.63) is 58.7 Å². The molecule has 2 aromatic rings. The Hall–Kier alpha value is -2.71. The van der Waals surface area contributed by atoms with Gasteiger partial charge in [0.05, 0.1) is 0 Å². The molecule has 1 aliphatic rings. The van der Waals surface area contributed by atoms with Gasteiger partial charge in [-0.3, -0.25) is 4.90 Å². The standard InChI is InChI=1S/C22H27N5/c1-4-19-7-5-6-8-21(19)27-11-9-26(10-12-27)16-17(2)13-20-15-24-22(14-23)25-18(20)3/h5-8,13,15H,4,9-12,16H2,1-3H3/b17-13+. The molecular weight excluding hydrogens is 334 g/mol. The van der Waals surface area contributed by atoms with Crippen molar-refractivity contribution >= 4 is 11.8 Å². The second-order valence-electron chi connectivity index (χ2n) is 7.08. The van der Waals surface area contributed by atoms with E-state index in [1.54, 1.807) is 6.20 Å². The van der Waals surface area contributed by atoms with E-state index >= 15 is 0 Å². The molecular formula is C22H27N5. The van der Waals surface area contributed by atoms with Gasteiger partial charge in [0.15, 0.2) is 0 Å². The van der Waals surface area contributed by atoms with Crippen molar-refractivity contribution in [1.82, 2.24) is 14.9 Å². The van der Waals surface area contributed by atoms with Crippen molar-refractivity contribution in [1.29, 1.82) is 5.26 Å². The lowest BCUT2D eigenvalue weighted by Crippen LogP contribution is -2.47. The van der Waals surface area contributed by atoms with Crippen LogP contribution in [0.15, 0.2) is 36.0 Å². The fraction of sp³-hybridized carbons (Fsp3) is 0.409. The Kier molecular flexibility index (Phi) is 6.20. The summed E-state index contributed by atoms with van der Waals surface area (Å²) in [7, 11) is 0. The van der Waals surface area contributed by atoms with Gasteiger partial charge in [0.25, 0.3) is 0 Å². The Bertz CT molecular complexity index is 857. The molecule has 1 aliphatic heterocycles. The molecule has 2 heterocycles. The molecule has 0 radical (unpaired) electrons. The lowest BCUT2D eigenvalue weighted by molar-refractivity contribution is 0.278. The topological polar surface area (TPSA) is 56.0 Å². The summed E-state index contributed by atoms with van der Waals surface area (Å²) in [6.07, 6.45) is 4.95. The van der Waals surface area contributed by atoms with Crippen LogP contribution in [-0.4, -0.2) is 47.6 Å². The summed E-state index contributed by atoms with van der Waals surface area (Å²) >= 11 is 0. The Labute approximate surface area is 162 Å². The zero-order valence-electron chi connectivity index (χ0n) is 16.4. The predicted molar refractivity (Wildman–Crippen MR) is 110 cm³/mol. The van der Waals surface area contributed by atoms with Gasteiger partial charge in [-0.25, -0.2) is 9.97 Å². The second-order valence-corrected chi connectivity index (χ2v) is 7.08. The van der Waals surface area contributed by atoms with Gasteiger partial charge in [0.1, 0.15) is 6.07 Å². The normalized spacial score (nSPS) is 15.6. The molecule has 1 fully saturated rings. The second kappa shape index (κ2) is 8.79. The van der Waals surface area contributed by atoms with Crippen LogP contribution in [0, 0.1) is 18.3 Å². The van der Waals surface area contributed by atoms with Crippen LogP contribution in [0.2, 0.25) is 0 Å². The minimum atomic E-state index is 0.228. The van der Waals surface area contributed by atoms with E-state index in [4.69, 9.17) is 5.26 Å². The van der Waals surface area contributed by atoms with Gasteiger partial charge in [-0.15, -0.1) is 0 Å². The molecule has 1 saturated heterocycles. The third-order valence-corrected chi connectivity index (χ3v) is 5.08. The highest BCUT2D eigenvalue weighted by Gasteiger charge is 2.18. The van der Waals surface area contributed by atoms with Crippen LogP contribution < -0.4 is 4.90 Å². The number of para-hydroxylation sites is 1. The van der Waals surface area contributed by atoms with Crippen molar-refractivity contribution in [3.63, 3.8) is 0 Å². The predicted octanol–water partition coefficient (Wildman–Crippen LogP) is 3.44. The van der Waals surface area contributed by atoms with E-state index in [0.29, 0.717) is 0 Å². The summed E-state index contributed by atoms with van der Waals surface area (Å²) in [6, 6.07) is 10.7. The number of aromatic nitrogens is 2. The number of benzene rings is 1. The molecule has 140 valence electrons. The number of hydrogen-bond acceptors (Lipinski definition) is 5. The SMILES string of the molecule is CCc1ccccc1N1CCN(C/C(C)=C/c2cnc(C#N)nc2C)CC1. The van der Waals surface area contributed by atoms with E-state index in [0.717, 1.165) is 50.4 Å². The van der Waals surface area contributed by atoms with E-state index in [1.807, 2.05) is 13.0 Å². The van der Waals surface area contributed by atoms with E-state index in [9.17, 15) is 0 Å². The highest BCUT2D eigenvalue weighted by molar-refractivity contribution is 5.55. The van der Waals surface area contributed by atoms with E-state index < -0.39 is 0 Å². The highest BCUT2D eigenvalue weighted by atomic mass is 15.3. The fourth-order valence-corrected chi connectivity index (χ4v) is 3.60. The van der Waals surface area contributed by atoms with Gasteiger partial charge in [-0.05, 0) is 31.9 Å². The minimum Gasteiger partial charge on any atom is -0.369 e. The highest BCUT2D eigenvalue weighted by Crippen LogP contribution is 2.22. The van der Waals surface area contributed by atoms with Gasteiger partial charge in [-0.2, -0.15) is 5.26 Å². The van der Waals surface area contributed by atoms with Gasteiger partial charge in [0, 0.05) is 55.9 Å². The lowest BCUT2D eigenvalue weighted by atomic mass is 10.1. The molecule has 0 bridgehead atoms. The molecule has 0 aliphatic carbocycles. The Morgan fingerprint density at radius 3 is 2.63 bits per heavy atom. The lowest BCUT2D eigenvalue weighted by Gasteiger charge is -2.37. The van der Waals surface area contributed by atoms with Crippen molar-refractivity contribution in [2.75, 3.05) is 37.6 Å². The quantitative estimate of drug-likeness (QED) is 0.816. The minimum absolute atomic E-state index is 0.228. The maximum absolute atomic E-state index is 8.89. The fourth-order valence-electron chi connectivity index (χ4n) is 3.60. The molecule has 0 amide bonds. The van der Waals surface area contributed by atoms with Crippen LogP contribution in [0.5, 0.6) is 0 Å². The maximum atomic E-state index is 8.89. The Morgan fingerprint density at radius 2 is 1.96 bits per heavy atom. The summed E-state index contributed by atoms with van der Waals surface area (Å²) < 4.78 is 0. The van der Waals surface area contributed by atoms with Crippen LogP contribution in [0.25, 0.3) is 6.08 Å². The summed E-state index contributed by atoms with van der Waals surface area (Å²) in [5, 5.41) is 8.89. The average Bonchev–Trinajstić information content (AvgIpc) is 2.70. The average molecular weight is 361 g/mol. The third kappa shape index (κ3) is 4.72. The Balaban J connectivity index is 1.59. The van der Waals surface area contributed by atoms with Crippen LogP contribution in [0.4, 0.5) is 5.69 Å². The van der Waals surface area contributed by atoms with Gasteiger partial charge >= 0.3 is 0 Å². The molecule has 1 aromatic heterocycles. The van der Waals surface area contributed by atoms with Gasteiger partial charge in [0.2, 0.25) is 5.82 Å². The van der Waals surface area contributed by atoms with E-state index in [2.05, 4.69) is 64.0 Å². The van der Waals surface area contributed by atoms with Crippen LogP contribution in [-0.2, 0) is 6.42 Å². The molecule has 27 heavy (non-hydrogen) atoms. The summed E-state index contributed by atoms with van der Waals surface area (Å²) in [5.41, 5.74) is 5.94. The zero-order chi connectivity index (χ0) is 19.2. The largest absolute Gasteiger partial charge is 0.369 e. The Morgan fingerprint density at radius 1 is 1.22 bits per heavy atom. The number of anilines is 1. The number of rotatable bonds is 5. The third-order valence-electron chi connectivity index (χ3n) is 5.08. The molecule has 0 N–H and O–H groups in total. The molecule has 5 heteroatoms. The molecule has 1 aromatic carbocycles. The van der Waals surface area contributed by atoms with Gasteiger partial charge < -0.3 is 4.90 Å². The summed E-state index contributed by atoms with van der Waals surface area (Å²) in [5.74, 6) is 0.228. The molecule has 0 spiro atoms. The van der Waals surface area contributed by atoms with E-state index in [-0.39, 0.29) is 5.82 Å². The molecule has 0 unspecified atom stereocenters. The summed E-state index contributed by atoms with van der Waals surface area (Å²) in [6.45, 7) is 11.5. The first kappa shape index (κ1) is 19.1. The molecule has 0 atom stereocenters. The van der Waals surface area contributed by atoms with Crippen molar-refractivity contribution < 1.29 is 0 Å². The number of nitrogens with zero attached hydrogens (tertiary/aromatic N) is 5. The van der Waals surface area contributed by atoms with Crippen LogP contribution in [0.3, 0.4) is 0 Å². The van der Waals surface area contributed by atoms with E-state index in [1.165, 1.54) is 16.8 Å². The number of piperazine rings is 1. The first-order valence-electron chi connectivity index (χ1n) is 9.56. The number of nitriles is 1. The number of aryl methyl sites for hydroxylation is 2. The van der Waals surface area contributed by atoms with Crippen LogP contribution >= 0.6 is 0 Å². The smallest absolute Gasteiger partial charge is 0.232 e. The molecule has 3 rings (SSSR count). The van der Waals surface area contributed by atoms with Crippen molar-refractivity contribution in [3.8, 4) is 6.07 Å². The number of hydrogen-bond donors (Lipinski definition) is 0. The first-order chi connectivity index (χ1) is 13.1. The molecule has 5 nitrogen and oxygen atoms in total.